The second kappa shape index (κ2) is 5.29. The lowest BCUT2D eigenvalue weighted by Crippen LogP contribution is -2.11. The molecule has 0 saturated carbocycles. The summed E-state index contributed by atoms with van der Waals surface area (Å²) in [6.45, 7) is 8.63. The first kappa shape index (κ1) is 14.0. The molecule has 0 aliphatic rings. The minimum atomic E-state index is 0.138. The second-order valence-electron chi connectivity index (χ2n) is 5.51. The molecule has 100 valence electrons. The molecule has 2 aromatic rings. The Morgan fingerprint density at radius 1 is 1.21 bits per heavy atom. The molecule has 1 aromatic heterocycles. The van der Waals surface area contributed by atoms with Crippen LogP contribution >= 0.6 is 15.9 Å². The normalized spacial score (nSPS) is 11.4. The summed E-state index contributed by atoms with van der Waals surface area (Å²) in [6.07, 6.45) is 3.14. The molecular formula is C15H17BrN2O. The average Bonchev–Trinajstić information content (AvgIpc) is 2.33. The van der Waals surface area contributed by atoms with Crippen molar-refractivity contribution >= 4 is 15.9 Å². The third kappa shape index (κ3) is 3.32. The highest BCUT2D eigenvalue weighted by Crippen LogP contribution is 2.31. The maximum absolute atomic E-state index is 5.81. The largest absolute Gasteiger partial charge is 0.437 e. The van der Waals surface area contributed by atoms with Crippen LogP contribution in [0.15, 0.2) is 35.2 Å². The summed E-state index contributed by atoms with van der Waals surface area (Å²) < 4.78 is 6.55. The summed E-state index contributed by atoms with van der Waals surface area (Å²) >= 11 is 3.37. The van der Waals surface area contributed by atoms with Crippen LogP contribution in [0.4, 0.5) is 0 Å². The van der Waals surface area contributed by atoms with Crippen LogP contribution in [0.1, 0.15) is 31.9 Å². The van der Waals surface area contributed by atoms with Gasteiger partial charge in [0.1, 0.15) is 12.1 Å². The van der Waals surface area contributed by atoms with E-state index < -0.39 is 0 Å². The van der Waals surface area contributed by atoms with Crippen LogP contribution in [-0.2, 0) is 5.41 Å². The quantitative estimate of drug-likeness (QED) is 0.808. The van der Waals surface area contributed by atoms with Crippen molar-refractivity contribution in [2.75, 3.05) is 0 Å². The van der Waals surface area contributed by atoms with E-state index >= 15 is 0 Å². The van der Waals surface area contributed by atoms with E-state index in [0.29, 0.717) is 5.88 Å². The molecular weight excluding hydrogens is 304 g/mol. The van der Waals surface area contributed by atoms with E-state index in [-0.39, 0.29) is 5.41 Å². The number of halogens is 1. The zero-order chi connectivity index (χ0) is 14.0. The van der Waals surface area contributed by atoms with Crippen molar-refractivity contribution in [3.05, 3.63) is 46.3 Å². The van der Waals surface area contributed by atoms with Crippen molar-refractivity contribution in [2.24, 2.45) is 0 Å². The first-order valence-electron chi connectivity index (χ1n) is 6.12. The fourth-order valence-corrected chi connectivity index (χ4v) is 2.01. The smallest absolute Gasteiger partial charge is 0.236 e. The minimum absolute atomic E-state index is 0.138. The van der Waals surface area contributed by atoms with Crippen molar-refractivity contribution in [3.63, 3.8) is 0 Å². The number of rotatable bonds is 2. The molecule has 19 heavy (non-hydrogen) atoms. The zero-order valence-corrected chi connectivity index (χ0v) is 13.2. The highest BCUT2D eigenvalue weighted by Gasteiger charge is 2.15. The van der Waals surface area contributed by atoms with Crippen molar-refractivity contribution < 1.29 is 4.74 Å². The fraction of sp³-hybridized carbons (Fsp3) is 0.333. The fourth-order valence-electron chi connectivity index (χ4n) is 1.71. The SMILES string of the molecule is Cc1cc(C(C)(C)C)ccc1Oc1ncncc1Br. The van der Waals surface area contributed by atoms with Crippen LogP contribution < -0.4 is 4.74 Å². The van der Waals surface area contributed by atoms with E-state index in [2.05, 4.69) is 58.8 Å². The van der Waals surface area contributed by atoms with Gasteiger partial charge in [-0.2, -0.15) is 0 Å². The van der Waals surface area contributed by atoms with Gasteiger partial charge in [0.2, 0.25) is 5.88 Å². The van der Waals surface area contributed by atoms with E-state index in [4.69, 9.17) is 4.74 Å². The molecule has 0 unspecified atom stereocenters. The van der Waals surface area contributed by atoms with Crippen molar-refractivity contribution in [1.82, 2.24) is 9.97 Å². The molecule has 0 spiro atoms. The molecule has 0 aliphatic heterocycles. The summed E-state index contributed by atoms with van der Waals surface area (Å²) in [5, 5.41) is 0. The predicted octanol–water partition coefficient (Wildman–Crippen LogP) is 4.64. The van der Waals surface area contributed by atoms with E-state index in [1.54, 1.807) is 6.20 Å². The van der Waals surface area contributed by atoms with Gasteiger partial charge >= 0.3 is 0 Å². The van der Waals surface area contributed by atoms with Crippen LogP contribution in [0, 0.1) is 6.92 Å². The van der Waals surface area contributed by atoms with Crippen LogP contribution in [0.2, 0.25) is 0 Å². The molecule has 0 saturated heterocycles. The average molecular weight is 321 g/mol. The standard InChI is InChI=1S/C15H17BrN2O/c1-10-7-11(15(2,3)4)5-6-13(10)19-14-12(16)8-17-9-18-14/h5-9H,1-4H3. The van der Waals surface area contributed by atoms with Gasteiger partial charge < -0.3 is 4.74 Å². The second-order valence-corrected chi connectivity index (χ2v) is 6.36. The summed E-state index contributed by atoms with van der Waals surface area (Å²) in [7, 11) is 0. The zero-order valence-electron chi connectivity index (χ0n) is 11.6. The van der Waals surface area contributed by atoms with Gasteiger partial charge in [0, 0.05) is 6.20 Å². The van der Waals surface area contributed by atoms with Gasteiger partial charge in [-0.05, 0) is 45.5 Å². The van der Waals surface area contributed by atoms with E-state index in [1.165, 1.54) is 11.9 Å². The summed E-state index contributed by atoms with van der Waals surface area (Å²) in [5.74, 6) is 1.34. The Morgan fingerprint density at radius 2 is 1.95 bits per heavy atom. The van der Waals surface area contributed by atoms with Gasteiger partial charge in [-0.3, -0.25) is 0 Å². The third-order valence-electron chi connectivity index (χ3n) is 2.88. The molecule has 3 nitrogen and oxygen atoms in total. The number of aryl methyl sites for hydroxylation is 1. The maximum Gasteiger partial charge on any atom is 0.236 e. The summed E-state index contributed by atoms with van der Waals surface area (Å²) in [4.78, 5) is 8.02. The van der Waals surface area contributed by atoms with Crippen LogP contribution in [0.5, 0.6) is 11.6 Å². The number of ether oxygens (including phenoxy) is 1. The van der Waals surface area contributed by atoms with Gasteiger partial charge in [0.15, 0.2) is 0 Å². The Balaban J connectivity index is 2.30. The molecule has 0 atom stereocenters. The lowest BCUT2D eigenvalue weighted by atomic mass is 9.86. The molecule has 0 bridgehead atoms. The molecule has 0 fully saturated rings. The molecule has 1 heterocycles. The molecule has 0 N–H and O–H groups in total. The Kier molecular flexibility index (Phi) is 3.90. The Hall–Kier alpha value is -1.42. The number of aromatic nitrogens is 2. The van der Waals surface area contributed by atoms with Gasteiger partial charge in [0.05, 0.1) is 4.47 Å². The molecule has 4 heteroatoms. The highest BCUT2D eigenvalue weighted by molar-refractivity contribution is 9.10. The summed E-state index contributed by atoms with van der Waals surface area (Å²) in [6, 6.07) is 6.24. The minimum Gasteiger partial charge on any atom is -0.437 e. The van der Waals surface area contributed by atoms with Crippen molar-refractivity contribution in [2.45, 2.75) is 33.1 Å². The lowest BCUT2D eigenvalue weighted by molar-refractivity contribution is 0.453. The Bertz CT molecular complexity index is 591. The third-order valence-corrected chi connectivity index (χ3v) is 3.43. The first-order valence-corrected chi connectivity index (χ1v) is 6.92. The maximum atomic E-state index is 5.81. The number of benzene rings is 1. The lowest BCUT2D eigenvalue weighted by Gasteiger charge is -2.20. The number of nitrogens with zero attached hydrogens (tertiary/aromatic N) is 2. The van der Waals surface area contributed by atoms with Gasteiger partial charge in [-0.1, -0.05) is 32.9 Å². The van der Waals surface area contributed by atoms with Crippen molar-refractivity contribution in [1.29, 1.82) is 0 Å². The Labute approximate surface area is 122 Å². The topological polar surface area (TPSA) is 35.0 Å². The first-order chi connectivity index (χ1) is 8.88. The van der Waals surface area contributed by atoms with Crippen molar-refractivity contribution in [3.8, 4) is 11.6 Å². The van der Waals surface area contributed by atoms with E-state index in [9.17, 15) is 0 Å². The molecule has 0 radical (unpaired) electrons. The highest BCUT2D eigenvalue weighted by atomic mass is 79.9. The van der Waals surface area contributed by atoms with Crippen LogP contribution in [0.3, 0.4) is 0 Å². The monoisotopic (exact) mass is 320 g/mol. The molecule has 1 aromatic carbocycles. The predicted molar refractivity (Wildman–Crippen MR) is 79.7 cm³/mol. The summed E-state index contributed by atoms with van der Waals surface area (Å²) in [5.41, 5.74) is 2.52. The van der Waals surface area contributed by atoms with Crippen LogP contribution in [0.25, 0.3) is 0 Å². The van der Waals surface area contributed by atoms with Crippen LogP contribution in [-0.4, -0.2) is 9.97 Å². The van der Waals surface area contributed by atoms with E-state index in [0.717, 1.165) is 15.8 Å². The van der Waals surface area contributed by atoms with E-state index in [1.807, 2.05) is 13.0 Å². The van der Waals surface area contributed by atoms with Gasteiger partial charge in [-0.15, -0.1) is 0 Å². The molecule has 0 amide bonds. The molecule has 0 aliphatic carbocycles. The molecule has 2 rings (SSSR count). The van der Waals surface area contributed by atoms with Gasteiger partial charge in [-0.25, -0.2) is 9.97 Å². The van der Waals surface area contributed by atoms with Gasteiger partial charge in [0.25, 0.3) is 0 Å². The number of hydrogen-bond acceptors (Lipinski definition) is 3. The Morgan fingerprint density at radius 3 is 2.53 bits per heavy atom. The number of hydrogen-bond donors (Lipinski definition) is 0.